The van der Waals surface area contributed by atoms with Crippen LogP contribution in [-0.2, 0) is 17.9 Å². The Morgan fingerprint density at radius 2 is 1.56 bits per heavy atom. The maximum atomic E-state index is 12.8. The van der Waals surface area contributed by atoms with E-state index in [4.69, 9.17) is 19.9 Å². The van der Waals surface area contributed by atoms with Gasteiger partial charge in [0.15, 0.2) is 11.5 Å². The molecule has 1 heterocycles. The van der Waals surface area contributed by atoms with Gasteiger partial charge >= 0.3 is 5.69 Å². The van der Waals surface area contributed by atoms with Crippen LogP contribution in [0.2, 0.25) is 0 Å². The van der Waals surface area contributed by atoms with Crippen molar-refractivity contribution in [1.29, 1.82) is 0 Å². The molecule has 0 radical (unpaired) electrons. The van der Waals surface area contributed by atoms with Crippen molar-refractivity contribution in [1.82, 2.24) is 9.13 Å². The highest BCUT2D eigenvalue weighted by molar-refractivity contribution is 6.03. The number of anilines is 2. The van der Waals surface area contributed by atoms with Crippen molar-refractivity contribution in [2.24, 2.45) is 0 Å². The van der Waals surface area contributed by atoms with Gasteiger partial charge in [-0.25, -0.2) is 4.79 Å². The van der Waals surface area contributed by atoms with Crippen molar-refractivity contribution in [3.8, 4) is 17.2 Å². The molecule has 0 saturated heterocycles. The van der Waals surface area contributed by atoms with Crippen LogP contribution in [0.1, 0.15) is 32.3 Å². The van der Waals surface area contributed by atoms with Crippen LogP contribution in [0.4, 0.5) is 11.5 Å². The van der Waals surface area contributed by atoms with E-state index in [0.29, 0.717) is 42.2 Å². The van der Waals surface area contributed by atoms with E-state index in [1.165, 1.54) is 38.0 Å². The molecule has 0 fully saturated rings. The van der Waals surface area contributed by atoms with Crippen LogP contribution in [0.15, 0.2) is 27.8 Å². The Labute approximate surface area is 186 Å². The zero-order valence-corrected chi connectivity index (χ0v) is 19.1. The van der Waals surface area contributed by atoms with Gasteiger partial charge in [0.1, 0.15) is 11.5 Å². The minimum atomic E-state index is -0.628. The lowest BCUT2D eigenvalue weighted by molar-refractivity contribution is -0.111. The summed E-state index contributed by atoms with van der Waals surface area (Å²) in [5.41, 5.74) is 5.44. The lowest BCUT2D eigenvalue weighted by Gasteiger charge is -2.16. The second kappa shape index (κ2) is 11.1. The first kappa shape index (κ1) is 24.6. The summed E-state index contributed by atoms with van der Waals surface area (Å²) in [6.45, 7) is 4.30. The lowest BCUT2D eigenvalue weighted by atomic mass is 10.1. The van der Waals surface area contributed by atoms with Gasteiger partial charge in [-0.05, 0) is 36.6 Å². The normalized spacial score (nSPS) is 10.9. The minimum Gasteiger partial charge on any atom is -0.493 e. The zero-order valence-electron chi connectivity index (χ0n) is 19.1. The van der Waals surface area contributed by atoms with Crippen LogP contribution in [-0.4, -0.2) is 36.4 Å². The third-order valence-corrected chi connectivity index (χ3v) is 4.72. The highest BCUT2D eigenvalue weighted by atomic mass is 16.5. The average molecular weight is 447 g/mol. The summed E-state index contributed by atoms with van der Waals surface area (Å²) in [7, 11) is 4.48. The second-order valence-electron chi connectivity index (χ2n) is 6.93. The van der Waals surface area contributed by atoms with E-state index >= 15 is 0 Å². The summed E-state index contributed by atoms with van der Waals surface area (Å²) < 4.78 is 18.3. The third-order valence-electron chi connectivity index (χ3n) is 4.72. The molecule has 1 amide bonds. The van der Waals surface area contributed by atoms with Crippen LogP contribution >= 0.6 is 0 Å². The van der Waals surface area contributed by atoms with Crippen molar-refractivity contribution in [2.45, 2.75) is 39.8 Å². The maximum absolute atomic E-state index is 12.8. The first-order valence-corrected chi connectivity index (χ1v) is 10.2. The number of rotatable bonds is 10. The third kappa shape index (κ3) is 5.13. The van der Waals surface area contributed by atoms with Gasteiger partial charge in [-0.15, -0.1) is 0 Å². The smallest absolute Gasteiger partial charge is 0.332 e. The molecule has 32 heavy (non-hydrogen) atoms. The van der Waals surface area contributed by atoms with Crippen LogP contribution in [0.25, 0.3) is 6.08 Å². The molecule has 0 aliphatic rings. The number of nitrogens with two attached hydrogens (primary N) is 1. The van der Waals surface area contributed by atoms with Crippen molar-refractivity contribution in [3.63, 3.8) is 0 Å². The standard InChI is InChI=1S/C22H30N4O6/c1-6-10-25-20(23)18(21(28)26(11-7-2)22(25)29)24-17(27)9-8-14-12-15(30-3)19(32-5)16(13-14)31-4/h8-9,12-13H,6-7,10-11,23H2,1-5H3,(H,24,27)/b9-8+. The Hall–Kier alpha value is -3.69. The van der Waals surface area contributed by atoms with Crippen molar-refractivity contribution >= 4 is 23.5 Å². The van der Waals surface area contributed by atoms with Crippen LogP contribution < -0.4 is 36.5 Å². The van der Waals surface area contributed by atoms with Crippen LogP contribution in [0, 0.1) is 0 Å². The number of benzene rings is 1. The van der Waals surface area contributed by atoms with Gasteiger partial charge in [0, 0.05) is 19.2 Å². The molecule has 2 rings (SSSR count). The number of nitrogens with zero attached hydrogens (tertiary/aromatic N) is 2. The fourth-order valence-corrected chi connectivity index (χ4v) is 3.23. The summed E-state index contributed by atoms with van der Waals surface area (Å²) in [4.78, 5) is 38.0. The van der Waals surface area contributed by atoms with Crippen molar-refractivity contribution in [3.05, 3.63) is 44.6 Å². The molecular weight excluding hydrogens is 416 g/mol. The number of aromatic nitrogens is 2. The SMILES string of the molecule is CCCn1c(N)c(NC(=O)/C=C/c2cc(OC)c(OC)c(OC)c2)c(=O)n(CCC)c1=O. The molecule has 0 saturated carbocycles. The number of ether oxygens (including phenoxy) is 3. The molecule has 174 valence electrons. The van der Waals surface area contributed by atoms with Gasteiger partial charge in [-0.1, -0.05) is 13.8 Å². The fourth-order valence-electron chi connectivity index (χ4n) is 3.23. The summed E-state index contributed by atoms with van der Waals surface area (Å²) in [6.07, 6.45) is 4.00. The van der Waals surface area contributed by atoms with Crippen LogP contribution in [0.3, 0.4) is 0 Å². The molecule has 1 aromatic heterocycles. The number of carbonyl (C=O) groups is 1. The van der Waals surface area contributed by atoms with E-state index in [9.17, 15) is 14.4 Å². The number of hydrogen-bond acceptors (Lipinski definition) is 7. The Morgan fingerprint density at radius 3 is 2.06 bits per heavy atom. The summed E-state index contributed by atoms with van der Waals surface area (Å²) >= 11 is 0. The van der Waals surface area contributed by atoms with Gasteiger partial charge in [0.2, 0.25) is 11.7 Å². The number of hydrogen-bond donors (Lipinski definition) is 2. The maximum Gasteiger partial charge on any atom is 0.332 e. The van der Waals surface area contributed by atoms with E-state index in [0.717, 1.165) is 4.57 Å². The molecule has 0 bridgehead atoms. The quantitative estimate of drug-likeness (QED) is 0.535. The molecule has 0 atom stereocenters. The first-order chi connectivity index (χ1) is 15.3. The number of carbonyl (C=O) groups excluding carboxylic acids is 1. The summed E-state index contributed by atoms with van der Waals surface area (Å²) in [5, 5.41) is 2.52. The molecule has 0 spiro atoms. The van der Waals surface area contributed by atoms with Crippen molar-refractivity contribution < 1.29 is 19.0 Å². The largest absolute Gasteiger partial charge is 0.493 e. The molecule has 1 aromatic carbocycles. The molecule has 10 heteroatoms. The minimum absolute atomic E-state index is 0.0660. The Morgan fingerprint density at radius 1 is 1.00 bits per heavy atom. The molecule has 0 aliphatic carbocycles. The van der Waals surface area contributed by atoms with Crippen LogP contribution in [0.5, 0.6) is 17.2 Å². The van der Waals surface area contributed by atoms with E-state index in [1.54, 1.807) is 12.1 Å². The number of methoxy groups -OCH3 is 3. The lowest BCUT2D eigenvalue weighted by Crippen LogP contribution is -2.42. The number of nitrogen functional groups attached to an aromatic ring is 1. The number of nitrogens with one attached hydrogen (secondary N) is 1. The molecule has 0 aliphatic heterocycles. The van der Waals surface area contributed by atoms with Crippen molar-refractivity contribution in [2.75, 3.05) is 32.4 Å². The van der Waals surface area contributed by atoms with E-state index in [1.807, 2.05) is 13.8 Å². The van der Waals surface area contributed by atoms with E-state index < -0.39 is 17.2 Å². The highest BCUT2D eigenvalue weighted by Gasteiger charge is 2.18. The molecular formula is C22H30N4O6. The van der Waals surface area contributed by atoms with E-state index in [2.05, 4.69) is 5.32 Å². The topological polar surface area (TPSA) is 127 Å². The van der Waals surface area contributed by atoms with Gasteiger partial charge in [-0.2, -0.15) is 0 Å². The Kier molecular flexibility index (Phi) is 8.51. The van der Waals surface area contributed by atoms with E-state index in [-0.39, 0.29) is 18.1 Å². The predicted octanol–water partition coefficient (Wildman–Crippen LogP) is 2.09. The van der Waals surface area contributed by atoms with Gasteiger partial charge in [0.05, 0.1) is 21.3 Å². The molecule has 3 N–H and O–H groups in total. The summed E-state index contributed by atoms with van der Waals surface area (Å²) in [5.74, 6) is 0.658. The molecule has 10 nitrogen and oxygen atoms in total. The van der Waals surface area contributed by atoms with Gasteiger partial charge < -0.3 is 25.3 Å². The second-order valence-corrected chi connectivity index (χ2v) is 6.93. The van der Waals surface area contributed by atoms with Gasteiger partial charge in [-0.3, -0.25) is 18.7 Å². The zero-order chi connectivity index (χ0) is 23.8. The van der Waals surface area contributed by atoms with Gasteiger partial charge in [0.25, 0.3) is 5.56 Å². The monoisotopic (exact) mass is 446 g/mol. The Balaban J connectivity index is 2.40. The Bertz CT molecular complexity index is 1090. The average Bonchev–Trinajstić information content (AvgIpc) is 2.80. The first-order valence-electron chi connectivity index (χ1n) is 10.2. The summed E-state index contributed by atoms with van der Waals surface area (Å²) in [6, 6.07) is 3.35. The predicted molar refractivity (Wildman–Crippen MR) is 124 cm³/mol. The fraction of sp³-hybridized carbons (Fsp3) is 0.409. The number of amides is 1. The molecule has 2 aromatic rings. The highest BCUT2D eigenvalue weighted by Crippen LogP contribution is 2.38. The molecule has 0 unspecified atom stereocenters.